The van der Waals surface area contributed by atoms with E-state index in [4.69, 9.17) is 0 Å². The highest BCUT2D eigenvalue weighted by molar-refractivity contribution is 5.90. The highest BCUT2D eigenvalue weighted by Gasteiger charge is 2.28. The third-order valence-corrected chi connectivity index (χ3v) is 3.61. The Morgan fingerprint density at radius 1 is 1.24 bits per heavy atom. The Labute approximate surface area is 125 Å². The molecule has 21 heavy (non-hydrogen) atoms. The van der Waals surface area contributed by atoms with Gasteiger partial charge in [-0.1, -0.05) is 0 Å². The SMILES string of the molecule is COC(=O)CC(NC(C)=O)C(=O)N(C)CCN(C)C1CC1. The minimum absolute atomic E-state index is 0.155. The third-order valence-electron chi connectivity index (χ3n) is 3.61. The summed E-state index contributed by atoms with van der Waals surface area (Å²) in [5, 5.41) is 2.50. The first kappa shape index (κ1) is 17.4. The minimum atomic E-state index is -0.869. The van der Waals surface area contributed by atoms with Crippen molar-refractivity contribution < 1.29 is 19.1 Å². The Bertz CT molecular complexity index is 396. The van der Waals surface area contributed by atoms with Crippen LogP contribution in [0.2, 0.25) is 0 Å². The van der Waals surface area contributed by atoms with Crippen molar-refractivity contribution in [2.45, 2.75) is 38.3 Å². The Balaban J connectivity index is 2.51. The first-order valence-electron chi connectivity index (χ1n) is 7.14. The minimum Gasteiger partial charge on any atom is -0.469 e. The van der Waals surface area contributed by atoms with Gasteiger partial charge in [-0.2, -0.15) is 0 Å². The molecule has 1 N–H and O–H groups in total. The molecule has 1 fully saturated rings. The van der Waals surface area contributed by atoms with Crippen molar-refractivity contribution in [3.8, 4) is 0 Å². The summed E-state index contributed by atoms with van der Waals surface area (Å²) in [6, 6.07) is -0.235. The Kier molecular flexibility index (Phi) is 6.61. The van der Waals surface area contributed by atoms with E-state index in [1.807, 2.05) is 7.05 Å². The zero-order valence-electron chi connectivity index (χ0n) is 13.2. The second-order valence-corrected chi connectivity index (χ2v) is 5.50. The molecule has 1 saturated carbocycles. The van der Waals surface area contributed by atoms with Crippen LogP contribution >= 0.6 is 0 Å². The second kappa shape index (κ2) is 7.97. The zero-order valence-corrected chi connectivity index (χ0v) is 13.2. The standard InChI is InChI=1S/C14H25N3O4/c1-10(18)15-12(9-13(19)21-4)14(20)17(3)8-7-16(2)11-5-6-11/h11-12H,5-9H2,1-4H3,(H,15,18). The van der Waals surface area contributed by atoms with Crippen molar-refractivity contribution in [1.82, 2.24) is 15.1 Å². The van der Waals surface area contributed by atoms with Crippen molar-refractivity contribution >= 4 is 17.8 Å². The number of carbonyl (C=O) groups excluding carboxylic acids is 3. The maximum absolute atomic E-state index is 12.3. The fraction of sp³-hybridized carbons (Fsp3) is 0.786. The number of rotatable bonds is 8. The van der Waals surface area contributed by atoms with Crippen LogP contribution in [0.15, 0.2) is 0 Å². The molecular weight excluding hydrogens is 274 g/mol. The molecule has 0 bridgehead atoms. The van der Waals surface area contributed by atoms with Gasteiger partial charge in [0.1, 0.15) is 6.04 Å². The number of nitrogens with zero attached hydrogens (tertiary/aromatic N) is 2. The van der Waals surface area contributed by atoms with Crippen LogP contribution in [0.5, 0.6) is 0 Å². The van der Waals surface area contributed by atoms with Crippen molar-refractivity contribution in [3.63, 3.8) is 0 Å². The average molecular weight is 299 g/mol. The number of esters is 1. The molecule has 120 valence electrons. The number of likely N-dealkylation sites (N-methyl/N-ethyl adjacent to an activating group) is 2. The highest BCUT2D eigenvalue weighted by Crippen LogP contribution is 2.24. The summed E-state index contributed by atoms with van der Waals surface area (Å²) in [4.78, 5) is 38.6. The van der Waals surface area contributed by atoms with E-state index in [9.17, 15) is 14.4 Å². The first-order valence-corrected chi connectivity index (χ1v) is 7.14. The predicted molar refractivity (Wildman–Crippen MR) is 77.5 cm³/mol. The van der Waals surface area contributed by atoms with Gasteiger partial charge in [0.15, 0.2) is 0 Å². The predicted octanol–water partition coefficient (Wildman–Crippen LogP) is -0.393. The lowest BCUT2D eigenvalue weighted by molar-refractivity contribution is -0.145. The van der Waals surface area contributed by atoms with Crippen LogP contribution in [0.3, 0.4) is 0 Å². The molecule has 0 radical (unpaired) electrons. The molecule has 0 aromatic rings. The molecule has 1 aliphatic rings. The van der Waals surface area contributed by atoms with Gasteiger partial charge in [-0.05, 0) is 19.9 Å². The Morgan fingerprint density at radius 2 is 1.86 bits per heavy atom. The fourth-order valence-electron chi connectivity index (χ4n) is 2.08. The van der Waals surface area contributed by atoms with Gasteiger partial charge in [0.25, 0.3) is 0 Å². The molecule has 2 amide bonds. The van der Waals surface area contributed by atoms with Gasteiger partial charge in [-0.3, -0.25) is 14.4 Å². The number of ether oxygens (including phenoxy) is 1. The van der Waals surface area contributed by atoms with Crippen LogP contribution in [0.25, 0.3) is 0 Å². The molecule has 0 aromatic carbocycles. The molecule has 7 nitrogen and oxygen atoms in total. The summed E-state index contributed by atoms with van der Waals surface area (Å²) in [5.41, 5.74) is 0. The van der Waals surface area contributed by atoms with Crippen LogP contribution < -0.4 is 5.32 Å². The molecule has 1 unspecified atom stereocenters. The van der Waals surface area contributed by atoms with Crippen molar-refractivity contribution in [3.05, 3.63) is 0 Å². The van der Waals surface area contributed by atoms with Gasteiger partial charge in [0, 0.05) is 33.1 Å². The van der Waals surface area contributed by atoms with Gasteiger partial charge in [0.05, 0.1) is 13.5 Å². The van der Waals surface area contributed by atoms with E-state index in [0.717, 1.165) is 6.54 Å². The summed E-state index contributed by atoms with van der Waals surface area (Å²) < 4.78 is 4.56. The maximum Gasteiger partial charge on any atom is 0.308 e. The van der Waals surface area contributed by atoms with Gasteiger partial charge in [-0.25, -0.2) is 0 Å². The molecule has 1 atom stereocenters. The number of hydrogen-bond acceptors (Lipinski definition) is 5. The van der Waals surface area contributed by atoms with Crippen LogP contribution in [0.4, 0.5) is 0 Å². The molecule has 0 aliphatic heterocycles. The number of methoxy groups -OCH3 is 1. The van der Waals surface area contributed by atoms with E-state index in [1.54, 1.807) is 11.9 Å². The summed E-state index contributed by atoms with van der Waals surface area (Å²) in [6.45, 7) is 2.65. The van der Waals surface area contributed by atoms with Crippen LogP contribution in [-0.2, 0) is 19.1 Å². The summed E-state index contributed by atoms with van der Waals surface area (Å²) in [6.07, 6.45) is 2.27. The van der Waals surface area contributed by atoms with Crippen LogP contribution in [-0.4, -0.2) is 74.0 Å². The molecule has 0 aromatic heterocycles. The largest absolute Gasteiger partial charge is 0.469 e. The summed E-state index contributed by atoms with van der Waals surface area (Å²) >= 11 is 0. The van der Waals surface area contributed by atoms with E-state index in [0.29, 0.717) is 12.6 Å². The maximum atomic E-state index is 12.3. The molecule has 0 saturated heterocycles. The van der Waals surface area contributed by atoms with Crippen LogP contribution in [0.1, 0.15) is 26.2 Å². The molecule has 1 rings (SSSR count). The third kappa shape index (κ3) is 6.12. The number of hydrogen-bond donors (Lipinski definition) is 1. The number of nitrogens with one attached hydrogen (secondary N) is 1. The number of amides is 2. The number of carbonyl (C=O) groups is 3. The van der Waals surface area contributed by atoms with Gasteiger partial charge < -0.3 is 19.9 Å². The van der Waals surface area contributed by atoms with E-state index < -0.39 is 12.0 Å². The van der Waals surface area contributed by atoms with E-state index in [1.165, 1.54) is 26.9 Å². The zero-order chi connectivity index (χ0) is 16.0. The van der Waals surface area contributed by atoms with Gasteiger partial charge in [-0.15, -0.1) is 0 Å². The molecule has 0 heterocycles. The highest BCUT2D eigenvalue weighted by atomic mass is 16.5. The topological polar surface area (TPSA) is 78.9 Å². The second-order valence-electron chi connectivity index (χ2n) is 5.50. The van der Waals surface area contributed by atoms with Crippen molar-refractivity contribution in [2.24, 2.45) is 0 Å². The monoisotopic (exact) mass is 299 g/mol. The molecule has 7 heteroatoms. The van der Waals surface area contributed by atoms with Gasteiger partial charge >= 0.3 is 5.97 Å². The summed E-state index contributed by atoms with van der Waals surface area (Å²) in [7, 11) is 4.97. The fourth-order valence-corrected chi connectivity index (χ4v) is 2.08. The normalized spacial score (nSPS) is 15.5. The van der Waals surface area contributed by atoms with E-state index in [-0.39, 0.29) is 18.2 Å². The van der Waals surface area contributed by atoms with Gasteiger partial charge in [0.2, 0.25) is 11.8 Å². The smallest absolute Gasteiger partial charge is 0.308 e. The first-order chi connectivity index (χ1) is 9.85. The molecule has 1 aliphatic carbocycles. The van der Waals surface area contributed by atoms with E-state index in [2.05, 4.69) is 15.0 Å². The van der Waals surface area contributed by atoms with E-state index >= 15 is 0 Å². The van der Waals surface area contributed by atoms with Crippen molar-refractivity contribution in [1.29, 1.82) is 0 Å². The Morgan fingerprint density at radius 3 is 2.33 bits per heavy atom. The lowest BCUT2D eigenvalue weighted by Gasteiger charge is -2.26. The molecular formula is C14H25N3O4. The average Bonchev–Trinajstić information content (AvgIpc) is 3.26. The van der Waals surface area contributed by atoms with Crippen LogP contribution in [0, 0.1) is 0 Å². The quantitative estimate of drug-likeness (QED) is 0.617. The molecule has 0 spiro atoms. The lowest BCUT2D eigenvalue weighted by atomic mass is 10.1. The lowest BCUT2D eigenvalue weighted by Crippen LogP contribution is -2.49. The summed E-state index contributed by atoms with van der Waals surface area (Å²) in [5.74, 6) is -1.15. The van der Waals surface area contributed by atoms with Crippen molar-refractivity contribution in [2.75, 3.05) is 34.3 Å². The Hall–Kier alpha value is -1.63.